The maximum atomic E-state index is 2.43. The largest absolute Gasteiger partial charge is 0.311 e. The van der Waals surface area contributed by atoms with Crippen LogP contribution in [0.5, 0.6) is 0 Å². The number of benzene rings is 12. The predicted octanol–water partition coefficient (Wildman–Crippen LogP) is 18.9. The van der Waals surface area contributed by atoms with Crippen LogP contribution < -0.4 is 4.90 Å². The number of aromatic nitrogens is 1. The third kappa shape index (κ3) is 7.31. The van der Waals surface area contributed by atoms with Gasteiger partial charge in [-0.05, 0) is 138 Å². The van der Waals surface area contributed by atoms with Crippen LogP contribution >= 0.6 is 0 Å². The highest BCUT2D eigenvalue weighted by molar-refractivity contribution is 6.10. The van der Waals surface area contributed by atoms with Crippen molar-refractivity contribution in [3.8, 4) is 61.3 Å². The van der Waals surface area contributed by atoms with Gasteiger partial charge >= 0.3 is 0 Å². The van der Waals surface area contributed by atoms with Gasteiger partial charge in [-0.15, -0.1) is 0 Å². The van der Waals surface area contributed by atoms with Crippen molar-refractivity contribution in [2.24, 2.45) is 0 Å². The summed E-state index contributed by atoms with van der Waals surface area (Å²) in [6.07, 6.45) is 0. The van der Waals surface area contributed by atoms with Crippen molar-refractivity contribution in [2.45, 2.75) is 0 Å². The topological polar surface area (TPSA) is 8.17 Å². The Morgan fingerprint density at radius 1 is 0.229 bits per heavy atom. The average molecular weight is 891 g/mol. The standard InChI is InChI=1S/C68H46N2/c1-2-15-47(16-3-1)52-18-14-19-53(45-52)48-31-38-56(39-32-48)69(57-40-33-49(34-41-57)54-37-44-61-55(46-54)30-29-50-17-4-5-20-59(50)61)58-42-35-51(36-43-58)60-21-6-7-22-62(60)63-23-8-11-26-66(63)70-67-27-12-9-24-64(67)65-25-10-13-28-68(65)70/h1-46H. The summed E-state index contributed by atoms with van der Waals surface area (Å²) < 4.78 is 2.43. The molecular formula is C68H46N2. The Bertz CT molecular complexity index is 3980. The quantitative estimate of drug-likeness (QED) is 0.131. The van der Waals surface area contributed by atoms with Gasteiger partial charge in [0.25, 0.3) is 0 Å². The minimum atomic E-state index is 1.08. The normalized spacial score (nSPS) is 11.4. The fourth-order valence-corrected chi connectivity index (χ4v) is 10.6. The molecule has 0 atom stereocenters. The zero-order valence-corrected chi connectivity index (χ0v) is 38.5. The van der Waals surface area contributed by atoms with Crippen LogP contribution in [0.25, 0.3) is 105 Å². The summed E-state index contributed by atoms with van der Waals surface area (Å²) in [5.41, 5.74) is 18.7. The second-order valence-electron chi connectivity index (χ2n) is 18.1. The molecule has 0 amide bonds. The molecule has 328 valence electrons. The smallest absolute Gasteiger partial charge is 0.0541 e. The zero-order valence-electron chi connectivity index (χ0n) is 38.5. The molecule has 0 aliphatic heterocycles. The van der Waals surface area contributed by atoms with Crippen LogP contribution in [-0.4, -0.2) is 4.57 Å². The van der Waals surface area contributed by atoms with Crippen LogP contribution in [0.1, 0.15) is 0 Å². The molecule has 0 N–H and O–H groups in total. The van der Waals surface area contributed by atoms with Crippen molar-refractivity contribution in [1.29, 1.82) is 0 Å². The molecule has 0 unspecified atom stereocenters. The second kappa shape index (κ2) is 17.4. The molecule has 1 aromatic heterocycles. The number of nitrogens with zero attached hydrogens (tertiary/aromatic N) is 2. The number of para-hydroxylation sites is 3. The molecule has 0 saturated heterocycles. The molecular weight excluding hydrogens is 845 g/mol. The first-order valence-corrected chi connectivity index (χ1v) is 24.1. The van der Waals surface area contributed by atoms with Gasteiger partial charge in [-0.2, -0.15) is 0 Å². The number of hydrogen-bond acceptors (Lipinski definition) is 1. The summed E-state index contributed by atoms with van der Waals surface area (Å²) in [4.78, 5) is 2.37. The first-order chi connectivity index (χ1) is 34.7. The molecule has 0 fully saturated rings. The maximum absolute atomic E-state index is 2.43. The van der Waals surface area contributed by atoms with E-state index >= 15 is 0 Å². The van der Waals surface area contributed by atoms with E-state index in [1.165, 1.54) is 93.4 Å². The molecule has 2 heteroatoms. The van der Waals surface area contributed by atoms with E-state index in [0.717, 1.165) is 28.3 Å². The van der Waals surface area contributed by atoms with Gasteiger partial charge in [-0.1, -0.05) is 212 Å². The highest BCUT2D eigenvalue weighted by Crippen LogP contribution is 2.42. The number of rotatable bonds is 9. The lowest BCUT2D eigenvalue weighted by Gasteiger charge is -2.26. The van der Waals surface area contributed by atoms with Gasteiger partial charge in [0, 0.05) is 33.4 Å². The van der Waals surface area contributed by atoms with Gasteiger partial charge < -0.3 is 9.47 Å². The van der Waals surface area contributed by atoms with Crippen molar-refractivity contribution in [3.05, 3.63) is 279 Å². The third-order valence-electron chi connectivity index (χ3n) is 14.0. The molecule has 0 aliphatic carbocycles. The van der Waals surface area contributed by atoms with Crippen molar-refractivity contribution in [3.63, 3.8) is 0 Å². The lowest BCUT2D eigenvalue weighted by atomic mass is 9.93. The zero-order chi connectivity index (χ0) is 46.4. The van der Waals surface area contributed by atoms with Gasteiger partial charge in [0.05, 0.1) is 16.7 Å². The molecule has 0 aliphatic rings. The van der Waals surface area contributed by atoms with Crippen LogP contribution in [0.15, 0.2) is 279 Å². The highest BCUT2D eigenvalue weighted by Gasteiger charge is 2.19. The van der Waals surface area contributed by atoms with E-state index in [0.29, 0.717) is 0 Å². The molecule has 12 aromatic carbocycles. The summed E-state index contributed by atoms with van der Waals surface area (Å²) in [7, 11) is 0. The van der Waals surface area contributed by atoms with E-state index in [-0.39, 0.29) is 0 Å². The van der Waals surface area contributed by atoms with Gasteiger partial charge in [-0.3, -0.25) is 0 Å². The fraction of sp³-hybridized carbons (Fsp3) is 0. The third-order valence-corrected chi connectivity index (χ3v) is 14.0. The van der Waals surface area contributed by atoms with E-state index in [1.807, 2.05) is 0 Å². The van der Waals surface area contributed by atoms with Crippen LogP contribution in [0.3, 0.4) is 0 Å². The number of fused-ring (bicyclic) bond motifs is 6. The van der Waals surface area contributed by atoms with E-state index in [4.69, 9.17) is 0 Å². The minimum absolute atomic E-state index is 1.08. The van der Waals surface area contributed by atoms with Gasteiger partial charge in [0.1, 0.15) is 0 Å². The average Bonchev–Trinajstić information content (AvgIpc) is 3.78. The Balaban J connectivity index is 0.881. The van der Waals surface area contributed by atoms with Crippen LogP contribution in [0, 0.1) is 0 Å². The Morgan fingerprint density at radius 2 is 0.657 bits per heavy atom. The molecule has 1 heterocycles. The Labute approximate surface area is 408 Å². The summed E-state index contributed by atoms with van der Waals surface area (Å²) >= 11 is 0. The lowest BCUT2D eigenvalue weighted by Crippen LogP contribution is -2.09. The molecule has 2 nitrogen and oxygen atoms in total. The maximum Gasteiger partial charge on any atom is 0.0541 e. The lowest BCUT2D eigenvalue weighted by molar-refractivity contribution is 1.18. The molecule has 0 saturated carbocycles. The minimum Gasteiger partial charge on any atom is -0.311 e. The SMILES string of the molecule is c1ccc(-c2cccc(-c3ccc(N(c4ccc(-c5ccc6c(ccc7ccccc76)c5)cc4)c4ccc(-c5ccccc5-c5ccccc5-n5c6ccccc6c6ccccc65)cc4)cc3)c2)cc1. The molecule has 70 heavy (non-hydrogen) atoms. The van der Waals surface area contributed by atoms with Crippen molar-refractivity contribution < 1.29 is 0 Å². The van der Waals surface area contributed by atoms with Crippen molar-refractivity contribution >= 4 is 60.4 Å². The fourth-order valence-electron chi connectivity index (χ4n) is 10.6. The Hall–Kier alpha value is -9.24. The van der Waals surface area contributed by atoms with Gasteiger partial charge in [-0.25, -0.2) is 0 Å². The van der Waals surface area contributed by atoms with Crippen molar-refractivity contribution in [1.82, 2.24) is 4.57 Å². The van der Waals surface area contributed by atoms with Crippen LogP contribution in [-0.2, 0) is 0 Å². The summed E-state index contributed by atoms with van der Waals surface area (Å²) in [6.45, 7) is 0. The summed E-state index contributed by atoms with van der Waals surface area (Å²) in [5, 5.41) is 7.58. The van der Waals surface area contributed by atoms with Gasteiger partial charge in [0.15, 0.2) is 0 Å². The van der Waals surface area contributed by atoms with Gasteiger partial charge in [0.2, 0.25) is 0 Å². The molecule has 0 radical (unpaired) electrons. The first kappa shape index (κ1) is 41.0. The molecule has 13 aromatic rings. The van der Waals surface area contributed by atoms with Crippen LogP contribution in [0.2, 0.25) is 0 Å². The Kier molecular flexibility index (Phi) is 10.2. The second-order valence-corrected chi connectivity index (χ2v) is 18.1. The monoisotopic (exact) mass is 890 g/mol. The van der Waals surface area contributed by atoms with E-state index in [2.05, 4.69) is 289 Å². The number of anilines is 3. The first-order valence-electron chi connectivity index (χ1n) is 24.1. The molecule has 13 rings (SSSR count). The van der Waals surface area contributed by atoms with Crippen LogP contribution in [0.4, 0.5) is 17.1 Å². The van der Waals surface area contributed by atoms with E-state index in [9.17, 15) is 0 Å². The van der Waals surface area contributed by atoms with Crippen molar-refractivity contribution in [2.75, 3.05) is 4.90 Å². The number of hydrogen-bond donors (Lipinski definition) is 0. The van der Waals surface area contributed by atoms with E-state index < -0.39 is 0 Å². The summed E-state index contributed by atoms with van der Waals surface area (Å²) in [6, 6.07) is 102. The Morgan fingerprint density at radius 3 is 1.30 bits per heavy atom. The summed E-state index contributed by atoms with van der Waals surface area (Å²) in [5.74, 6) is 0. The molecule has 0 bridgehead atoms. The highest BCUT2D eigenvalue weighted by atomic mass is 15.1. The predicted molar refractivity (Wildman–Crippen MR) is 298 cm³/mol. The van der Waals surface area contributed by atoms with E-state index in [1.54, 1.807) is 0 Å². The molecule has 0 spiro atoms.